The van der Waals surface area contributed by atoms with Crippen LogP contribution in [-0.2, 0) is 14.5 Å². The van der Waals surface area contributed by atoms with E-state index >= 15 is 0 Å². The van der Waals surface area contributed by atoms with Crippen molar-refractivity contribution in [2.75, 3.05) is 19.7 Å². The maximum absolute atomic E-state index is 12.4. The SMILES string of the molecule is C/C(=N\OCC(=O)N1CCC(c2nc(C3=NOC(c4ccccc4C#N)C3)cs2)CC1)C(F)(F)F. The molecule has 184 valence electrons. The summed E-state index contributed by atoms with van der Waals surface area (Å²) in [6.07, 6.45) is -3.01. The van der Waals surface area contributed by atoms with E-state index in [9.17, 15) is 23.2 Å². The fourth-order valence-electron chi connectivity index (χ4n) is 3.89. The van der Waals surface area contributed by atoms with Crippen molar-refractivity contribution in [3.8, 4) is 6.07 Å². The summed E-state index contributed by atoms with van der Waals surface area (Å²) in [5.41, 5.74) is 1.68. The molecule has 12 heteroatoms. The molecule has 8 nitrogen and oxygen atoms in total. The molecule has 2 aromatic rings. The monoisotopic (exact) mass is 505 g/mol. The molecule has 0 bridgehead atoms. The lowest BCUT2D eigenvalue weighted by Gasteiger charge is -2.30. The summed E-state index contributed by atoms with van der Waals surface area (Å²) in [4.78, 5) is 28.7. The quantitative estimate of drug-likeness (QED) is 0.424. The summed E-state index contributed by atoms with van der Waals surface area (Å²) in [6, 6.07) is 9.45. The van der Waals surface area contributed by atoms with E-state index < -0.39 is 24.4 Å². The van der Waals surface area contributed by atoms with Crippen LogP contribution >= 0.6 is 11.3 Å². The molecule has 1 aromatic heterocycles. The molecule has 1 atom stereocenters. The number of nitrogens with zero attached hydrogens (tertiary/aromatic N) is 5. The highest BCUT2D eigenvalue weighted by atomic mass is 32.1. The predicted octanol–water partition coefficient (Wildman–Crippen LogP) is 4.54. The number of thiazole rings is 1. The van der Waals surface area contributed by atoms with E-state index in [2.05, 4.69) is 21.2 Å². The highest BCUT2D eigenvalue weighted by Crippen LogP contribution is 2.34. The van der Waals surface area contributed by atoms with E-state index in [-0.39, 0.29) is 12.0 Å². The minimum atomic E-state index is -4.58. The Kier molecular flexibility index (Phi) is 7.35. The Morgan fingerprint density at radius 2 is 2.09 bits per heavy atom. The van der Waals surface area contributed by atoms with Gasteiger partial charge in [0.15, 0.2) is 18.4 Å². The first-order valence-corrected chi connectivity index (χ1v) is 11.8. The number of benzene rings is 1. The van der Waals surface area contributed by atoms with E-state index in [0.717, 1.165) is 28.9 Å². The Hall–Kier alpha value is -3.46. The molecule has 1 aromatic carbocycles. The number of alkyl halides is 3. The van der Waals surface area contributed by atoms with Crippen molar-refractivity contribution in [1.82, 2.24) is 9.88 Å². The van der Waals surface area contributed by atoms with Crippen LogP contribution in [0.3, 0.4) is 0 Å². The second kappa shape index (κ2) is 10.4. The van der Waals surface area contributed by atoms with E-state index in [0.29, 0.717) is 37.9 Å². The Morgan fingerprint density at radius 1 is 1.34 bits per heavy atom. The number of aromatic nitrogens is 1. The average Bonchev–Trinajstić information content (AvgIpc) is 3.53. The second-order valence-corrected chi connectivity index (χ2v) is 9.10. The first-order valence-electron chi connectivity index (χ1n) is 10.9. The molecular weight excluding hydrogens is 483 g/mol. The van der Waals surface area contributed by atoms with Gasteiger partial charge >= 0.3 is 6.18 Å². The van der Waals surface area contributed by atoms with Crippen LogP contribution in [0.25, 0.3) is 0 Å². The maximum Gasteiger partial charge on any atom is 0.432 e. The summed E-state index contributed by atoms with van der Waals surface area (Å²) < 4.78 is 37.3. The van der Waals surface area contributed by atoms with Crippen LogP contribution < -0.4 is 0 Å². The molecule has 2 aliphatic rings. The molecule has 1 amide bonds. The molecule has 0 saturated carbocycles. The molecule has 1 unspecified atom stereocenters. The topological polar surface area (TPSA) is 100 Å². The normalized spacial score (nSPS) is 19.2. The second-order valence-electron chi connectivity index (χ2n) is 8.21. The zero-order valence-electron chi connectivity index (χ0n) is 18.8. The molecule has 1 saturated heterocycles. The first-order chi connectivity index (χ1) is 16.8. The third-order valence-electron chi connectivity index (χ3n) is 5.91. The van der Waals surface area contributed by atoms with Crippen LogP contribution in [-0.4, -0.2) is 53.1 Å². The lowest BCUT2D eigenvalue weighted by Crippen LogP contribution is -2.39. The number of piperidine rings is 1. The Labute approximate surface area is 203 Å². The minimum absolute atomic E-state index is 0.169. The largest absolute Gasteiger partial charge is 0.432 e. The Bertz CT molecular complexity index is 1180. The molecule has 4 rings (SSSR count). The third kappa shape index (κ3) is 5.79. The lowest BCUT2D eigenvalue weighted by atomic mass is 9.97. The zero-order chi connectivity index (χ0) is 25.0. The summed E-state index contributed by atoms with van der Waals surface area (Å²) >= 11 is 1.52. The van der Waals surface area contributed by atoms with Crippen molar-refractivity contribution >= 4 is 28.7 Å². The number of halogens is 3. The van der Waals surface area contributed by atoms with E-state index in [1.807, 2.05) is 17.5 Å². The summed E-state index contributed by atoms with van der Waals surface area (Å²) in [5.74, 6) is -0.231. The minimum Gasteiger partial charge on any atom is -0.387 e. The summed E-state index contributed by atoms with van der Waals surface area (Å²) in [7, 11) is 0. The highest BCUT2D eigenvalue weighted by Gasteiger charge is 2.33. The molecule has 0 N–H and O–H groups in total. The van der Waals surface area contributed by atoms with Gasteiger partial charge in [-0.05, 0) is 25.8 Å². The summed E-state index contributed by atoms with van der Waals surface area (Å²) in [5, 5.41) is 19.4. The number of likely N-dealkylation sites (tertiary alicyclic amines) is 1. The van der Waals surface area contributed by atoms with Gasteiger partial charge in [-0.3, -0.25) is 4.79 Å². The number of carbonyl (C=O) groups is 1. The van der Waals surface area contributed by atoms with Crippen LogP contribution in [0.2, 0.25) is 0 Å². The van der Waals surface area contributed by atoms with Crippen molar-refractivity contribution in [3.05, 3.63) is 51.5 Å². The van der Waals surface area contributed by atoms with Crippen LogP contribution in [0.15, 0.2) is 40.0 Å². The van der Waals surface area contributed by atoms with Gasteiger partial charge in [0, 0.05) is 36.4 Å². The third-order valence-corrected chi connectivity index (χ3v) is 6.92. The Balaban J connectivity index is 1.28. The molecule has 2 aliphatic heterocycles. The average molecular weight is 506 g/mol. The van der Waals surface area contributed by atoms with Gasteiger partial charge in [-0.15, -0.1) is 11.3 Å². The van der Waals surface area contributed by atoms with Crippen molar-refractivity contribution in [2.45, 2.75) is 44.4 Å². The molecule has 3 heterocycles. The molecular formula is C23H22F3N5O3S. The first kappa shape index (κ1) is 24.7. The van der Waals surface area contributed by atoms with E-state index in [4.69, 9.17) is 9.82 Å². The standard InChI is InChI=1S/C23H22F3N5O3S/c1-14(23(24,25)26)29-33-12-21(32)31-8-6-15(7-9-31)22-28-19(13-35-22)18-10-20(34-30-18)17-5-3-2-4-16(17)11-27/h2-5,13,15,20H,6-10,12H2,1H3/b29-14+. The van der Waals surface area contributed by atoms with Crippen molar-refractivity contribution in [1.29, 1.82) is 5.26 Å². The number of carbonyl (C=O) groups excluding carboxylic acids is 1. The summed E-state index contributed by atoms with van der Waals surface area (Å²) in [6.45, 7) is 1.17. The van der Waals surface area contributed by atoms with E-state index in [1.165, 1.54) is 11.3 Å². The van der Waals surface area contributed by atoms with Crippen LogP contribution in [0.5, 0.6) is 0 Å². The fraction of sp³-hybridized carbons (Fsp3) is 0.435. The fourth-order valence-corrected chi connectivity index (χ4v) is 4.89. The smallest absolute Gasteiger partial charge is 0.387 e. The van der Waals surface area contributed by atoms with Gasteiger partial charge in [0.05, 0.1) is 22.3 Å². The number of nitriles is 1. The van der Waals surface area contributed by atoms with Gasteiger partial charge in [-0.1, -0.05) is 28.5 Å². The number of hydrogen-bond donors (Lipinski definition) is 0. The van der Waals surface area contributed by atoms with Crippen molar-refractivity contribution in [2.24, 2.45) is 10.3 Å². The van der Waals surface area contributed by atoms with Gasteiger partial charge in [0.1, 0.15) is 5.71 Å². The number of amides is 1. The van der Waals surface area contributed by atoms with Gasteiger partial charge < -0.3 is 14.6 Å². The molecule has 0 spiro atoms. The number of rotatable bonds is 6. The van der Waals surface area contributed by atoms with Crippen molar-refractivity contribution < 1.29 is 27.6 Å². The van der Waals surface area contributed by atoms with Crippen molar-refractivity contribution in [3.63, 3.8) is 0 Å². The predicted molar refractivity (Wildman–Crippen MR) is 122 cm³/mol. The number of oxime groups is 2. The van der Waals surface area contributed by atoms with E-state index in [1.54, 1.807) is 17.0 Å². The van der Waals surface area contributed by atoms with Gasteiger partial charge in [-0.2, -0.15) is 18.4 Å². The molecule has 0 aliphatic carbocycles. The van der Waals surface area contributed by atoms with Crippen LogP contribution in [0.4, 0.5) is 13.2 Å². The maximum atomic E-state index is 12.4. The zero-order valence-corrected chi connectivity index (χ0v) is 19.6. The molecule has 0 radical (unpaired) electrons. The number of hydrogen-bond acceptors (Lipinski definition) is 8. The highest BCUT2D eigenvalue weighted by molar-refractivity contribution is 7.10. The Morgan fingerprint density at radius 3 is 2.80 bits per heavy atom. The lowest BCUT2D eigenvalue weighted by molar-refractivity contribution is -0.137. The molecule has 1 fully saturated rings. The van der Waals surface area contributed by atoms with Crippen LogP contribution in [0, 0.1) is 11.3 Å². The van der Waals surface area contributed by atoms with Gasteiger partial charge in [0.2, 0.25) is 0 Å². The van der Waals surface area contributed by atoms with Gasteiger partial charge in [-0.25, -0.2) is 4.98 Å². The molecule has 35 heavy (non-hydrogen) atoms. The van der Waals surface area contributed by atoms with Gasteiger partial charge in [0.25, 0.3) is 5.91 Å². The van der Waals surface area contributed by atoms with Crippen LogP contribution in [0.1, 0.15) is 60.0 Å².